The summed E-state index contributed by atoms with van der Waals surface area (Å²) in [5.41, 5.74) is 1.89. The molecule has 0 aromatic heterocycles. The third kappa shape index (κ3) is 1.97. The van der Waals surface area contributed by atoms with E-state index in [0.29, 0.717) is 13.0 Å². The molecule has 1 heterocycles. The second-order valence-corrected chi connectivity index (χ2v) is 5.31. The predicted molar refractivity (Wildman–Crippen MR) is 64.2 cm³/mol. The lowest BCUT2D eigenvalue weighted by atomic mass is 9.84. The van der Waals surface area contributed by atoms with Crippen LogP contribution in [-0.2, 0) is 5.41 Å². The lowest BCUT2D eigenvalue weighted by Gasteiger charge is -2.23. The number of benzene rings is 1. The molecule has 0 radical (unpaired) electrons. The number of Topliss-reactive ketones (excluding diaryl/α,β-unsaturated/α-hetero) is 1. The van der Waals surface area contributed by atoms with Crippen molar-refractivity contribution >= 4 is 5.78 Å². The molecule has 16 heavy (non-hydrogen) atoms. The Bertz CT molecular complexity index is 413. The van der Waals surface area contributed by atoms with Crippen LogP contribution in [0.2, 0.25) is 0 Å². The van der Waals surface area contributed by atoms with Gasteiger partial charge in [0.1, 0.15) is 5.75 Å². The largest absolute Gasteiger partial charge is 0.493 e. The number of carbonyl (C=O) groups excluding carboxylic acids is 1. The van der Waals surface area contributed by atoms with E-state index < -0.39 is 0 Å². The number of carbonyl (C=O) groups is 1. The molecule has 2 nitrogen and oxygen atoms in total. The van der Waals surface area contributed by atoms with E-state index in [2.05, 4.69) is 26.8 Å². The predicted octanol–water partition coefficient (Wildman–Crippen LogP) is 3.34. The fourth-order valence-electron chi connectivity index (χ4n) is 2.04. The van der Waals surface area contributed by atoms with Crippen molar-refractivity contribution in [2.75, 3.05) is 6.61 Å². The van der Waals surface area contributed by atoms with Crippen molar-refractivity contribution in [1.82, 2.24) is 0 Å². The minimum Gasteiger partial charge on any atom is -0.493 e. The van der Waals surface area contributed by atoms with Crippen molar-refractivity contribution in [1.29, 1.82) is 0 Å². The van der Waals surface area contributed by atoms with Gasteiger partial charge in [0.05, 0.1) is 12.2 Å². The number of rotatable bonds is 0. The van der Waals surface area contributed by atoms with Crippen molar-refractivity contribution in [3.8, 4) is 5.75 Å². The second-order valence-electron chi connectivity index (χ2n) is 5.31. The summed E-state index contributed by atoms with van der Waals surface area (Å²) in [5, 5.41) is 0. The minimum atomic E-state index is 0.00988. The molecule has 0 spiro atoms. The number of para-hydroxylation sites is 1. The van der Waals surface area contributed by atoms with Gasteiger partial charge in [-0.1, -0.05) is 32.9 Å². The lowest BCUT2D eigenvalue weighted by molar-refractivity contribution is 0.0983. The zero-order chi connectivity index (χ0) is 11.8. The van der Waals surface area contributed by atoms with Gasteiger partial charge in [-0.3, -0.25) is 4.79 Å². The molecule has 0 amide bonds. The molecule has 0 saturated carbocycles. The van der Waals surface area contributed by atoms with Crippen molar-refractivity contribution in [2.45, 2.75) is 39.0 Å². The molecule has 2 heteroatoms. The fraction of sp³-hybridized carbons (Fsp3) is 0.500. The Balaban J connectivity index is 2.58. The maximum absolute atomic E-state index is 11.9. The van der Waals surface area contributed by atoms with Crippen LogP contribution in [0.5, 0.6) is 5.75 Å². The highest BCUT2D eigenvalue weighted by atomic mass is 16.5. The third-order valence-corrected chi connectivity index (χ3v) is 2.92. The molecule has 0 bridgehead atoms. The highest BCUT2D eigenvalue weighted by molar-refractivity contribution is 5.99. The molecule has 0 unspecified atom stereocenters. The molecule has 0 atom stereocenters. The maximum atomic E-state index is 11.9. The molecule has 86 valence electrons. The molecule has 1 aliphatic rings. The van der Waals surface area contributed by atoms with Gasteiger partial charge in [-0.05, 0) is 17.9 Å². The Morgan fingerprint density at radius 1 is 1.25 bits per heavy atom. The molecule has 0 aliphatic carbocycles. The Morgan fingerprint density at radius 2 is 2.00 bits per heavy atom. The number of fused-ring (bicyclic) bond motifs is 1. The van der Waals surface area contributed by atoms with E-state index in [1.807, 2.05) is 12.1 Å². The van der Waals surface area contributed by atoms with Gasteiger partial charge in [0.15, 0.2) is 5.78 Å². The summed E-state index contributed by atoms with van der Waals surface area (Å²) in [6, 6.07) is 5.88. The van der Waals surface area contributed by atoms with E-state index in [4.69, 9.17) is 4.74 Å². The van der Waals surface area contributed by atoms with Gasteiger partial charge in [0, 0.05) is 12.0 Å². The number of ketones is 1. The highest BCUT2D eigenvalue weighted by Crippen LogP contribution is 2.36. The fourth-order valence-corrected chi connectivity index (χ4v) is 2.04. The molecular weight excluding hydrogens is 200 g/mol. The summed E-state index contributed by atoms with van der Waals surface area (Å²) < 4.78 is 5.76. The topological polar surface area (TPSA) is 26.3 Å². The Labute approximate surface area is 96.6 Å². The summed E-state index contributed by atoms with van der Waals surface area (Å²) in [7, 11) is 0. The Kier molecular flexibility index (Phi) is 2.75. The molecule has 0 fully saturated rings. The summed E-state index contributed by atoms with van der Waals surface area (Å²) >= 11 is 0. The smallest absolute Gasteiger partial charge is 0.166 e. The SMILES string of the molecule is CC(C)(C)c1cccc2c1OCCCC2=O. The average Bonchev–Trinajstić information content (AvgIpc) is 2.39. The standard InChI is InChI=1S/C14H18O2/c1-14(2,3)11-7-4-6-10-12(15)8-5-9-16-13(10)11/h4,6-7H,5,8-9H2,1-3H3. The van der Waals surface area contributed by atoms with Crippen LogP contribution < -0.4 is 4.74 Å². The molecule has 1 aromatic rings. The van der Waals surface area contributed by atoms with E-state index in [1.165, 1.54) is 0 Å². The van der Waals surface area contributed by atoms with E-state index in [0.717, 1.165) is 23.3 Å². The average molecular weight is 218 g/mol. The Morgan fingerprint density at radius 3 is 2.69 bits per heavy atom. The molecule has 2 rings (SSSR count). The van der Waals surface area contributed by atoms with Crippen LogP contribution in [-0.4, -0.2) is 12.4 Å². The van der Waals surface area contributed by atoms with Crippen molar-refractivity contribution in [3.05, 3.63) is 29.3 Å². The molecule has 0 N–H and O–H groups in total. The van der Waals surface area contributed by atoms with Gasteiger partial charge >= 0.3 is 0 Å². The monoisotopic (exact) mass is 218 g/mol. The first-order chi connectivity index (χ1) is 7.50. The van der Waals surface area contributed by atoms with Gasteiger partial charge in [-0.2, -0.15) is 0 Å². The van der Waals surface area contributed by atoms with E-state index >= 15 is 0 Å². The quantitative estimate of drug-likeness (QED) is 0.667. The van der Waals surface area contributed by atoms with E-state index in [9.17, 15) is 4.79 Å². The summed E-state index contributed by atoms with van der Waals surface area (Å²) in [6.45, 7) is 7.07. The molecule has 1 aliphatic heterocycles. The molecule has 0 saturated heterocycles. The minimum absolute atomic E-state index is 0.00988. The van der Waals surface area contributed by atoms with Gasteiger partial charge in [-0.25, -0.2) is 0 Å². The van der Waals surface area contributed by atoms with Crippen LogP contribution in [0.1, 0.15) is 49.5 Å². The summed E-state index contributed by atoms with van der Waals surface area (Å²) in [4.78, 5) is 11.9. The first-order valence-corrected chi connectivity index (χ1v) is 5.79. The lowest BCUT2D eigenvalue weighted by Crippen LogP contribution is -2.14. The first kappa shape index (κ1) is 11.2. The van der Waals surface area contributed by atoms with Crippen LogP contribution in [0.15, 0.2) is 18.2 Å². The van der Waals surface area contributed by atoms with Crippen molar-refractivity contribution in [3.63, 3.8) is 0 Å². The van der Waals surface area contributed by atoms with Crippen molar-refractivity contribution < 1.29 is 9.53 Å². The van der Waals surface area contributed by atoms with Crippen LogP contribution >= 0.6 is 0 Å². The van der Waals surface area contributed by atoms with Crippen LogP contribution in [0.3, 0.4) is 0 Å². The zero-order valence-corrected chi connectivity index (χ0v) is 10.2. The van der Waals surface area contributed by atoms with Gasteiger partial charge < -0.3 is 4.74 Å². The number of hydrogen-bond acceptors (Lipinski definition) is 2. The maximum Gasteiger partial charge on any atom is 0.166 e. The molecule has 1 aromatic carbocycles. The van der Waals surface area contributed by atoms with Crippen LogP contribution in [0.4, 0.5) is 0 Å². The van der Waals surface area contributed by atoms with Crippen LogP contribution in [0, 0.1) is 0 Å². The molecular formula is C14H18O2. The highest BCUT2D eigenvalue weighted by Gasteiger charge is 2.25. The van der Waals surface area contributed by atoms with E-state index in [-0.39, 0.29) is 11.2 Å². The van der Waals surface area contributed by atoms with Gasteiger partial charge in [0.25, 0.3) is 0 Å². The number of ether oxygens (including phenoxy) is 1. The summed E-state index contributed by atoms with van der Waals surface area (Å²) in [6.07, 6.45) is 1.41. The van der Waals surface area contributed by atoms with Crippen LogP contribution in [0.25, 0.3) is 0 Å². The van der Waals surface area contributed by atoms with Crippen molar-refractivity contribution in [2.24, 2.45) is 0 Å². The normalized spacial score (nSPS) is 16.3. The Hall–Kier alpha value is -1.31. The summed E-state index contributed by atoms with van der Waals surface area (Å²) in [5.74, 6) is 1.01. The van der Waals surface area contributed by atoms with Gasteiger partial charge in [0.2, 0.25) is 0 Å². The first-order valence-electron chi connectivity index (χ1n) is 5.79. The van der Waals surface area contributed by atoms with E-state index in [1.54, 1.807) is 0 Å². The van der Waals surface area contributed by atoms with Gasteiger partial charge in [-0.15, -0.1) is 0 Å². The second kappa shape index (κ2) is 3.93. The zero-order valence-electron chi connectivity index (χ0n) is 10.2. The number of hydrogen-bond donors (Lipinski definition) is 0. The third-order valence-electron chi connectivity index (χ3n) is 2.92.